The van der Waals surface area contributed by atoms with Gasteiger partial charge in [-0.3, -0.25) is 9.48 Å². The van der Waals surface area contributed by atoms with E-state index in [9.17, 15) is 14.3 Å². The van der Waals surface area contributed by atoms with E-state index in [4.69, 9.17) is 5.73 Å². The molecule has 4 rings (SSSR count). The van der Waals surface area contributed by atoms with Crippen molar-refractivity contribution in [2.75, 3.05) is 12.3 Å². The number of halogens is 2. The highest BCUT2D eigenvalue weighted by atomic mass is 19.1. The van der Waals surface area contributed by atoms with Crippen molar-refractivity contribution in [3.05, 3.63) is 89.9 Å². The van der Waals surface area contributed by atoms with E-state index in [1.807, 2.05) is 18.2 Å². The molecule has 0 unspecified atom stereocenters. The summed E-state index contributed by atoms with van der Waals surface area (Å²) in [7, 11) is 1.71. The minimum absolute atomic E-state index is 0.0493. The lowest BCUT2D eigenvalue weighted by Gasteiger charge is -2.15. The predicted molar refractivity (Wildman–Crippen MR) is 121 cm³/mol. The SMILES string of the molecule is Cn1cc(-c2cnc(N)c(-c3ccc(C(=O)C[C@H](CO)c4ccccc4)c(F)c3)c2F)cn1. The Kier molecular flexibility index (Phi) is 6.28. The van der Waals surface area contributed by atoms with Crippen LogP contribution in [0, 0.1) is 11.6 Å². The Hall–Kier alpha value is -3.91. The number of aromatic nitrogens is 3. The topological polar surface area (TPSA) is 94.0 Å². The van der Waals surface area contributed by atoms with Crippen molar-refractivity contribution in [2.24, 2.45) is 7.05 Å². The fourth-order valence-corrected chi connectivity index (χ4v) is 3.78. The number of Topliss-reactive ketones (excluding diaryl/α,β-unsaturated/α-hetero) is 1. The second kappa shape index (κ2) is 9.30. The van der Waals surface area contributed by atoms with Gasteiger partial charge in [0, 0.05) is 42.9 Å². The molecule has 0 radical (unpaired) electrons. The number of pyridine rings is 1. The first-order valence-electron chi connectivity index (χ1n) is 10.3. The van der Waals surface area contributed by atoms with Gasteiger partial charge in [-0.2, -0.15) is 5.10 Å². The van der Waals surface area contributed by atoms with Gasteiger partial charge in [0.1, 0.15) is 17.5 Å². The highest BCUT2D eigenvalue weighted by Gasteiger charge is 2.22. The lowest BCUT2D eigenvalue weighted by atomic mass is 9.91. The standard InChI is InChI=1S/C25H22F2N4O2/c1-31-13-18(11-30-31)20-12-29-25(28)23(24(20)27)16-7-8-19(21(26)9-16)22(33)10-17(14-32)15-5-3-2-4-6-15/h2-9,11-13,17,32H,10,14H2,1H3,(H2,28,29)/t17-/m1/s1. The summed E-state index contributed by atoms with van der Waals surface area (Å²) in [5.74, 6) is -2.46. The van der Waals surface area contributed by atoms with Crippen LogP contribution < -0.4 is 5.73 Å². The van der Waals surface area contributed by atoms with Gasteiger partial charge < -0.3 is 10.8 Å². The van der Waals surface area contributed by atoms with Gasteiger partial charge in [0.15, 0.2) is 5.78 Å². The van der Waals surface area contributed by atoms with Crippen molar-refractivity contribution in [3.63, 3.8) is 0 Å². The number of nitrogens with two attached hydrogens (primary N) is 1. The van der Waals surface area contributed by atoms with Gasteiger partial charge in [-0.1, -0.05) is 36.4 Å². The number of anilines is 1. The Morgan fingerprint density at radius 3 is 2.52 bits per heavy atom. The number of aryl methyl sites for hydroxylation is 1. The van der Waals surface area contributed by atoms with E-state index in [0.29, 0.717) is 5.56 Å². The molecule has 0 aliphatic carbocycles. The normalized spacial score (nSPS) is 12.0. The summed E-state index contributed by atoms with van der Waals surface area (Å²) in [6.07, 6.45) is 4.36. The van der Waals surface area contributed by atoms with Gasteiger partial charge in [0.05, 0.1) is 23.9 Å². The summed E-state index contributed by atoms with van der Waals surface area (Å²) in [6, 6.07) is 12.9. The number of benzene rings is 2. The van der Waals surface area contributed by atoms with Crippen LogP contribution in [0.15, 0.2) is 67.1 Å². The molecule has 0 amide bonds. The number of nitrogens with zero attached hydrogens (tertiary/aromatic N) is 3. The van der Waals surface area contributed by atoms with Crippen LogP contribution in [0.5, 0.6) is 0 Å². The molecule has 8 heteroatoms. The molecule has 0 saturated heterocycles. The van der Waals surface area contributed by atoms with Gasteiger partial charge in [-0.25, -0.2) is 13.8 Å². The van der Waals surface area contributed by atoms with Crippen LogP contribution in [-0.4, -0.2) is 32.3 Å². The van der Waals surface area contributed by atoms with Crippen LogP contribution in [0.3, 0.4) is 0 Å². The van der Waals surface area contributed by atoms with Crippen LogP contribution in [0.2, 0.25) is 0 Å². The molecule has 0 aliphatic rings. The molecule has 2 heterocycles. The summed E-state index contributed by atoms with van der Waals surface area (Å²) >= 11 is 0. The van der Waals surface area contributed by atoms with E-state index in [2.05, 4.69) is 10.1 Å². The Balaban J connectivity index is 1.65. The number of aliphatic hydroxyl groups is 1. The molecule has 0 bridgehead atoms. The van der Waals surface area contributed by atoms with Crippen LogP contribution in [-0.2, 0) is 7.05 Å². The lowest BCUT2D eigenvalue weighted by Crippen LogP contribution is -2.12. The molecule has 33 heavy (non-hydrogen) atoms. The summed E-state index contributed by atoms with van der Waals surface area (Å²) in [5.41, 5.74) is 7.37. The number of nitrogen functional groups attached to an aromatic ring is 1. The largest absolute Gasteiger partial charge is 0.396 e. The number of ketones is 1. The number of hydrogen-bond donors (Lipinski definition) is 2. The quantitative estimate of drug-likeness (QED) is 0.410. The third-order valence-corrected chi connectivity index (χ3v) is 5.54. The first-order valence-corrected chi connectivity index (χ1v) is 10.3. The summed E-state index contributed by atoms with van der Waals surface area (Å²) < 4.78 is 31.8. The smallest absolute Gasteiger partial charge is 0.166 e. The second-order valence-corrected chi connectivity index (χ2v) is 7.76. The van der Waals surface area contributed by atoms with Crippen molar-refractivity contribution in [1.29, 1.82) is 0 Å². The van der Waals surface area contributed by atoms with Gasteiger partial charge in [0.25, 0.3) is 0 Å². The van der Waals surface area contributed by atoms with Crippen LogP contribution >= 0.6 is 0 Å². The van der Waals surface area contributed by atoms with E-state index in [0.717, 1.165) is 11.6 Å². The average Bonchev–Trinajstić information content (AvgIpc) is 3.24. The molecule has 0 aliphatic heterocycles. The van der Waals surface area contributed by atoms with E-state index in [1.54, 1.807) is 25.4 Å². The van der Waals surface area contributed by atoms with Crippen LogP contribution in [0.25, 0.3) is 22.3 Å². The van der Waals surface area contributed by atoms with Crippen molar-refractivity contribution >= 4 is 11.6 Å². The minimum atomic E-state index is -0.798. The summed E-state index contributed by atoms with van der Waals surface area (Å²) in [4.78, 5) is 16.8. The van der Waals surface area contributed by atoms with E-state index < -0.39 is 23.3 Å². The van der Waals surface area contributed by atoms with E-state index >= 15 is 4.39 Å². The van der Waals surface area contributed by atoms with Crippen molar-refractivity contribution in [3.8, 4) is 22.3 Å². The molecule has 0 spiro atoms. The molecule has 0 fully saturated rings. The molecule has 0 saturated carbocycles. The zero-order chi connectivity index (χ0) is 23.5. The van der Waals surface area contributed by atoms with Gasteiger partial charge in [0.2, 0.25) is 0 Å². The molecule has 168 valence electrons. The molecule has 2 aromatic carbocycles. The highest BCUT2D eigenvalue weighted by molar-refractivity contribution is 5.97. The molecule has 2 aromatic heterocycles. The maximum absolute atomic E-state index is 15.3. The van der Waals surface area contributed by atoms with Crippen LogP contribution in [0.4, 0.5) is 14.6 Å². The number of carbonyl (C=O) groups is 1. The van der Waals surface area contributed by atoms with Gasteiger partial charge in [-0.05, 0) is 23.3 Å². The predicted octanol–water partition coefficient (Wildman–Crippen LogP) is 4.36. The van der Waals surface area contributed by atoms with Gasteiger partial charge in [-0.15, -0.1) is 0 Å². The Morgan fingerprint density at radius 2 is 1.88 bits per heavy atom. The monoisotopic (exact) mass is 448 g/mol. The number of hydrogen-bond acceptors (Lipinski definition) is 5. The van der Waals surface area contributed by atoms with Crippen molar-refractivity contribution in [2.45, 2.75) is 12.3 Å². The fraction of sp³-hybridized carbons (Fsp3) is 0.160. The van der Waals surface area contributed by atoms with E-state index in [-0.39, 0.29) is 41.1 Å². The van der Waals surface area contributed by atoms with Crippen LogP contribution in [0.1, 0.15) is 28.3 Å². The number of aliphatic hydroxyl groups excluding tert-OH is 1. The average molecular weight is 448 g/mol. The maximum atomic E-state index is 15.3. The molecular formula is C25H22F2N4O2. The Morgan fingerprint density at radius 1 is 1.12 bits per heavy atom. The molecule has 6 nitrogen and oxygen atoms in total. The minimum Gasteiger partial charge on any atom is -0.396 e. The molecule has 4 aromatic rings. The van der Waals surface area contributed by atoms with Crippen molar-refractivity contribution < 1.29 is 18.7 Å². The Bertz CT molecular complexity index is 1310. The summed E-state index contributed by atoms with van der Waals surface area (Å²) in [5, 5.41) is 13.7. The summed E-state index contributed by atoms with van der Waals surface area (Å²) in [6.45, 7) is -0.246. The van der Waals surface area contributed by atoms with E-state index in [1.165, 1.54) is 29.2 Å². The zero-order valence-corrected chi connectivity index (χ0v) is 17.9. The fourth-order valence-electron chi connectivity index (χ4n) is 3.78. The molecular weight excluding hydrogens is 426 g/mol. The maximum Gasteiger partial charge on any atom is 0.166 e. The molecule has 1 atom stereocenters. The Labute approximate surface area is 189 Å². The molecule has 3 N–H and O–H groups in total. The number of rotatable bonds is 7. The lowest BCUT2D eigenvalue weighted by molar-refractivity contribution is 0.0956. The van der Waals surface area contributed by atoms with Gasteiger partial charge >= 0.3 is 0 Å². The first kappa shape index (κ1) is 22.3. The second-order valence-electron chi connectivity index (χ2n) is 7.76. The van der Waals surface area contributed by atoms with Crippen molar-refractivity contribution in [1.82, 2.24) is 14.8 Å². The zero-order valence-electron chi connectivity index (χ0n) is 17.9. The third-order valence-electron chi connectivity index (χ3n) is 5.54. The number of carbonyl (C=O) groups excluding carboxylic acids is 1. The first-order chi connectivity index (χ1) is 15.9. The highest BCUT2D eigenvalue weighted by Crippen LogP contribution is 2.34. The third kappa shape index (κ3) is 4.51.